The lowest BCUT2D eigenvalue weighted by atomic mass is 10.1. The maximum absolute atomic E-state index is 13.7. The maximum atomic E-state index is 13.7. The first-order valence-corrected chi connectivity index (χ1v) is 7.50. The Labute approximate surface area is 132 Å². The average molecular weight is 312 g/mol. The molecule has 2 aromatic carbocycles. The highest BCUT2D eigenvalue weighted by Crippen LogP contribution is 2.13. The fourth-order valence-corrected chi connectivity index (χ4v) is 2.59. The van der Waals surface area contributed by atoms with Gasteiger partial charge in [0.15, 0.2) is 0 Å². The van der Waals surface area contributed by atoms with Gasteiger partial charge in [0.2, 0.25) is 0 Å². The molecule has 1 heterocycles. The monoisotopic (exact) mass is 312 g/mol. The second-order valence-corrected chi connectivity index (χ2v) is 5.64. The molecule has 4 nitrogen and oxygen atoms in total. The summed E-state index contributed by atoms with van der Waals surface area (Å²) in [4.78, 5) is 27.4. The second-order valence-electron chi connectivity index (χ2n) is 5.64. The molecular weight excluding hydrogens is 295 g/mol. The normalized spacial score (nSPS) is 11.1. The Kier molecular flexibility index (Phi) is 3.86. The molecule has 1 aromatic heterocycles. The van der Waals surface area contributed by atoms with Crippen molar-refractivity contribution in [3.63, 3.8) is 0 Å². The molecule has 0 amide bonds. The Morgan fingerprint density at radius 2 is 1.74 bits per heavy atom. The number of halogens is 1. The van der Waals surface area contributed by atoms with E-state index in [4.69, 9.17) is 0 Å². The van der Waals surface area contributed by atoms with Crippen LogP contribution in [-0.2, 0) is 13.0 Å². The fraction of sp³-hybridized carbons (Fsp3) is 0.222. The highest BCUT2D eigenvalue weighted by atomic mass is 19.1. The van der Waals surface area contributed by atoms with E-state index in [0.717, 1.165) is 16.6 Å². The maximum Gasteiger partial charge on any atom is 0.329 e. The van der Waals surface area contributed by atoms with Gasteiger partial charge in [-0.2, -0.15) is 0 Å². The van der Waals surface area contributed by atoms with Crippen LogP contribution >= 0.6 is 0 Å². The molecule has 1 N–H and O–H groups in total. The number of rotatable bonds is 3. The lowest BCUT2D eigenvalue weighted by molar-refractivity contribution is 0.619. The van der Waals surface area contributed by atoms with E-state index in [-0.39, 0.29) is 11.9 Å². The van der Waals surface area contributed by atoms with Gasteiger partial charge in [0.1, 0.15) is 5.82 Å². The van der Waals surface area contributed by atoms with Gasteiger partial charge in [-0.05, 0) is 42.2 Å². The Morgan fingerprint density at radius 1 is 1.09 bits per heavy atom. The molecule has 0 aliphatic heterocycles. The summed E-state index contributed by atoms with van der Waals surface area (Å²) in [6, 6.07) is 10.4. The summed E-state index contributed by atoms with van der Waals surface area (Å²) in [6.07, 6.45) is 0.926. The SMILES string of the molecule is CCc1ccc(Cn2c(=O)[nH]c3cc(C)c(F)cc3c2=O)cc1. The zero-order chi connectivity index (χ0) is 16.6. The van der Waals surface area contributed by atoms with Crippen LogP contribution in [0.15, 0.2) is 46.0 Å². The summed E-state index contributed by atoms with van der Waals surface area (Å²) in [7, 11) is 0. The third-order valence-electron chi connectivity index (χ3n) is 4.03. The van der Waals surface area contributed by atoms with Gasteiger partial charge in [0.25, 0.3) is 5.56 Å². The highest BCUT2D eigenvalue weighted by Gasteiger charge is 2.10. The number of hydrogen-bond acceptors (Lipinski definition) is 2. The van der Waals surface area contributed by atoms with Crippen molar-refractivity contribution in [2.45, 2.75) is 26.8 Å². The van der Waals surface area contributed by atoms with Crippen molar-refractivity contribution in [1.82, 2.24) is 9.55 Å². The van der Waals surface area contributed by atoms with E-state index in [9.17, 15) is 14.0 Å². The van der Waals surface area contributed by atoms with Crippen LogP contribution in [0.25, 0.3) is 10.9 Å². The van der Waals surface area contributed by atoms with Gasteiger partial charge in [-0.25, -0.2) is 9.18 Å². The van der Waals surface area contributed by atoms with Crippen LogP contribution in [0.3, 0.4) is 0 Å². The molecule has 0 saturated heterocycles. The number of nitrogens with one attached hydrogen (secondary N) is 1. The van der Waals surface area contributed by atoms with Crippen LogP contribution in [-0.4, -0.2) is 9.55 Å². The van der Waals surface area contributed by atoms with E-state index in [2.05, 4.69) is 11.9 Å². The van der Waals surface area contributed by atoms with E-state index in [1.165, 1.54) is 17.7 Å². The van der Waals surface area contributed by atoms with Crippen LogP contribution < -0.4 is 11.2 Å². The van der Waals surface area contributed by atoms with Crippen molar-refractivity contribution in [1.29, 1.82) is 0 Å². The molecule has 0 spiro atoms. The van der Waals surface area contributed by atoms with Crippen molar-refractivity contribution in [2.75, 3.05) is 0 Å². The molecule has 0 radical (unpaired) electrons. The number of benzene rings is 2. The number of hydrogen-bond donors (Lipinski definition) is 1. The zero-order valence-electron chi connectivity index (χ0n) is 13.0. The van der Waals surface area contributed by atoms with E-state index < -0.39 is 17.1 Å². The molecule has 0 aliphatic carbocycles. The minimum Gasteiger partial charge on any atom is -0.307 e. The van der Waals surface area contributed by atoms with Crippen LogP contribution in [0.5, 0.6) is 0 Å². The topological polar surface area (TPSA) is 54.9 Å². The van der Waals surface area contributed by atoms with E-state index in [1.807, 2.05) is 24.3 Å². The number of nitrogens with zero attached hydrogens (tertiary/aromatic N) is 1. The fourth-order valence-electron chi connectivity index (χ4n) is 2.59. The number of aromatic amines is 1. The lowest BCUT2D eigenvalue weighted by Crippen LogP contribution is -2.35. The third kappa shape index (κ3) is 2.82. The van der Waals surface area contributed by atoms with Crippen LogP contribution in [0.1, 0.15) is 23.6 Å². The molecule has 0 bridgehead atoms. The average Bonchev–Trinajstić information content (AvgIpc) is 2.54. The van der Waals surface area contributed by atoms with Crippen molar-refractivity contribution in [3.8, 4) is 0 Å². The van der Waals surface area contributed by atoms with Gasteiger partial charge in [0, 0.05) is 0 Å². The van der Waals surface area contributed by atoms with Crippen molar-refractivity contribution >= 4 is 10.9 Å². The van der Waals surface area contributed by atoms with Gasteiger partial charge >= 0.3 is 5.69 Å². The molecule has 3 aromatic rings. The molecular formula is C18H17FN2O2. The Morgan fingerprint density at radius 3 is 2.39 bits per heavy atom. The molecule has 0 unspecified atom stereocenters. The van der Waals surface area contributed by atoms with E-state index in [1.54, 1.807) is 6.92 Å². The molecule has 118 valence electrons. The standard InChI is InChI=1S/C18H17FN2O2/c1-3-12-4-6-13(7-5-12)10-21-17(22)14-9-15(19)11(2)8-16(14)20-18(21)23/h4-9H,3,10H2,1-2H3,(H,20,23). The minimum absolute atomic E-state index is 0.156. The van der Waals surface area contributed by atoms with E-state index >= 15 is 0 Å². The minimum atomic E-state index is -0.493. The van der Waals surface area contributed by atoms with Crippen molar-refractivity contribution in [3.05, 3.63) is 79.7 Å². The second kappa shape index (κ2) is 5.83. The van der Waals surface area contributed by atoms with Gasteiger partial charge < -0.3 is 4.98 Å². The molecule has 0 fully saturated rings. The van der Waals surface area contributed by atoms with Gasteiger partial charge in [-0.1, -0.05) is 31.2 Å². The largest absolute Gasteiger partial charge is 0.329 e. The summed E-state index contributed by atoms with van der Waals surface area (Å²) in [5.74, 6) is -0.458. The van der Waals surface area contributed by atoms with Gasteiger partial charge in [-0.15, -0.1) is 0 Å². The number of fused-ring (bicyclic) bond motifs is 1. The van der Waals surface area contributed by atoms with Crippen LogP contribution in [0.2, 0.25) is 0 Å². The predicted molar refractivity (Wildman–Crippen MR) is 88.4 cm³/mol. The summed E-state index contributed by atoms with van der Waals surface area (Å²) >= 11 is 0. The Balaban J connectivity index is 2.11. The first kappa shape index (κ1) is 15.2. The highest BCUT2D eigenvalue weighted by molar-refractivity contribution is 5.78. The van der Waals surface area contributed by atoms with E-state index in [0.29, 0.717) is 11.1 Å². The number of H-pyrrole nitrogens is 1. The molecule has 0 aliphatic rings. The quantitative estimate of drug-likeness (QED) is 0.808. The molecule has 5 heteroatoms. The molecule has 3 rings (SSSR count). The first-order valence-electron chi connectivity index (χ1n) is 7.50. The Hall–Kier alpha value is -2.69. The smallest absolute Gasteiger partial charge is 0.307 e. The summed E-state index contributed by atoms with van der Waals surface area (Å²) in [5, 5.41) is 0.179. The van der Waals surface area contributed by atoms with Crippen molar-refractivity contribution in [2.24, 2.45) is 0 Å². The molecule has 0 atom stereocenters. The summed E-state index contributed by atoms with van der Waals surface area (Å²) < 4.78 is 14.8. The zero-order valence-corrected chi connectivity index (χ0v) is 13.0. The van der Waals surface area contributed by atoms with Crippen LogP contribution in [0.4, 0.5) is 4.39 Å². The Bertz CT molecular complexity index is 985. The predicted octanol–water partition coefficient (Wildman–Crippen LogP) is 2.75. The number of aromatic nitrogens is 2. The van der Waals surface area contributed by atoms with Crippen molar-refractivity contribution < 1.29 is 4.39 Å². The van der Waals surface area contributed by atoms with Crippen LogP contribution in [0, 0.1) is 12.7 Å². The van der Waals surface area contributed by atoms with Gasteiger partial charge in [-0.3, -0.25) is 9.36 Å². The lowest BCUT2D eigenvalue weighted by Gasteiger charge is -2.08. The third-order valence-corrected chi connectivity index (χ3v) is 4.03. The number of aryl methyl sites for hydroxylation is 2. The summed E-state index contributed by atoms with van der Waals surface area (Å²) in [5.41, 5.74) is 1.81. The van der Waals surface area contributed by atoms with Gasteiger partial charge in [0.05, 0.1) is 17.4 Å². The molecule has 0 saturated carbocycles. The summed E-state index contributed by atoms with van der Waals surface area (Å²) in [6.45, 7) is 3.81. The first-order chi connectivity index (χ1) is 11.0. The molecule has 23 heavy (non-hydrogen) atoms.